The molecule has 0 aliphatic rings. The van der Waals surface area contributed by atoms with E-state index in [4.69, 9.17) is 34.3 Å². The van der Waals surface area contributed by atoms with Crippen molar-refractivity contribution in [3.8, 4) is 0 Å². The molecule has 0 radical (unpaired) electrons. The van der Waals surface area contributed by atoms with Crippen molar-refractivity contribution in [3.63, 3.8) is 0 Å². The van der Waals surface area contributed by atoms with Gasteiger partial charge in [-0.25, -0.2) is 8.42 Å². The first-order valence-electron chi connectivity index (χ1n) is 5.93. The van der Waals surface area contributed by atoms with Crippen LogP contribution in [0.15, 0.2) is 23.1 Å². The Hall–Kier alpha value is -0.730. The van der Waals surface area contributed by atoms with Crippen LogP contribution in [0, 0.1) is 0 Å². The molecule has 1 rings (SSSR count). The van der Waals surface area contributed by atoms with Gasteiger partial charge < -0.3 is 10.5 Å². The van der Waals surface area contributed by atoms with Gasteiger partial charge >= 0.3 is 0 Å². The molecule has 2 N–H and O–H groups in total. The second-order valence-electron chi connectivity index (χ2n) is 4.00. The van der Waals surface area contributed by atoms with Gasteiger partial charge in [0.2, 0.25) is 10.0 Å². The normalized spacial score (nSPS) is 11.8. The van der Waals surface area contributed by atoms with Gasteiger partial charge in [-0.05, 0) is 18.2 Å². The van der Waals surface area contributed by atoms with Gasteiger partial charge in [-0.3, -0.25) is 0 Å². The molecule has 20 heavy (non-hydrogen) atoms. The molecule has 0 aromatic heterocycles. The third kappa shape index (κ3) is 3.89. The highest BCUT2D eigenvalue weighted by molar-refractivity contribution is 7.89. The van der Waals surface area contributed by atoms with E-state index in [1.807, 2.05) is 0 Å². The summed E-state index contributed by atoms with van der Waals surface area (Å²) in [7, 11) is -2.08. The molecule has 0 unspecified atom stereocenters. The minimum Gasteiger partial charge on any atom is -0.389 e. The first-order chi connectivity index (χ1) is 9.34. The van der Waals surface area contributed by atoms with Crippen molar-refractivity contribution in [2.45, 2.75) is 11.8 Å². The topological polar surface area (TPSA) is 72.6 Å². The number of benzene rings is 1. The van der Waals surface area contributed by atoms with Gasteiger partial charge in [0, 0.05) is 25.8 Å². The van der Waals surface area contributed by atoms with Gasteiger partial charge in [-0.2, -0.15) is 4.31 Å². The van der Waals surface area contributed by atoms with Gasteiger partial charge in [0.25, 0.3) is 0 Å². The maximum atomic E-state index is 12.5. The number of likely N-dealkylation sites (N-methyl/N-ethyl adjacent to an activating group) is 1. The lowest BCUT2D eigenvalue weighted by Crippen LogP contribution is -2.33. The Morgan fingerprint density at radius 1 is 1.50 bits per heavy atom. The van der Waals surface area contributed by atoms with Gasteiger partial charge in [0.15, 0.2) is 0 Å². The number of ether oxygens (including phenoxy) is 1. The van der Waals surface area contributed by atoms with Crippen LogP contribution in [0.5, 0.6) is 0 Å². The van der Waals surface area contributed by atoms with Crippen molar-refractivity contribution >= 4 is 38.8 Å². The van der Waals surface area contributed by atoms with Crippen LogP contribution in [0.2, 0.25) is 5.02 Å². The monoisotopic (exact) mass is 336 g/mol. The Kier molecular flexibility index (Phi) is 6.35. The molecule has 0 atom stereocenters. The van der Waals surface area contributed by atoms with Crippen LogP contribution in [0.1, 0.15) is 12.5 Å². The number of nitrogens with two attached hydrogens (primary N) is 1. The molecule has 0 aliphatic carbocycles. The van der Waals surface area contributed by atoms with E-state index in [9.17, 15) is 8.42 Å². The number of methoxy groups -OCH3 is 1. The Balaban J connectivity index is 3.15. The zero-order valence-corrected chi connectivity index (χ0v) is 13.7. The summed E-state index contributed by atoms with van der Waals surface area (Å²) in [6.07, 6.45) is 0. The van der Waals surface area contributed by atoms with Gasteiger partial charge in [0.05, 0.1) is 16.5 Å². The van der Waals surface area contributed by atoms with Crippen LogP contribution < -0.4 is 5.73 Å². The summed E-state index contributed by atoms with van der Waals surface area (Å²) in [4.78, 5) is 0.242. The molecule has 0 aliphatic heterocycles. The van der Waals surface area contributed by atoms with Crippen molar-refractivity contribution < 1.29 is 13.2 Å². The number of sulfonamides is 1. The van der Waals surface area contributed by atoms with Crippen LogP contribution in [-0.2, 0) is 14.8 Å². The summed E-state index contributed by atoms with van der Waals surface area (Å²) < 4.78 is 31.1. The average Bonchev–Trinajstić information content (AvgIpc) is 2.38. The number of halogens is 1. The van der Waals surface area contributed by atoms with E-state index in [1.54, 1.807) is 6.92 Å². The summed E-state index contributed by atoms with van der Waals surface area (Å²) >= 11 is 10.8. The molecule has 0 heterocycles. The van der Waals surface area contributed by atoms with E-state index in [2.05, 4.69) is 0 Å². The Labute approximate surface area is 129 Å². The predicted molar refractivity (Wildman–Crippen MR) is 83.6 cm³/mol. The zero-order valence-electron chi connectivity index (χ0n) is 11.3. The predicted octanol–water partition coefficient (Wildman–Crippen LogP) is 1.63. The van der Waals surface area contributed by atoms with Gasteiger partial charge in [-0.15, -0.1) is 0 Å². The molecule has 1 aromatic carbocycles. The standard InChI is InChI=1S/C12H17ClN2O3S2/c1-3-15(6-7-18-2)20(16,17)9-4-5-10(12(14)19)11(13)8-9/h4-5,8H,3,6-7H2,1-2H3,(H2,14,19). The molecule has 0 fully saturated rings. The fourth-order valence-electron chi connectivity index (χ4n) is 1.65. The highest BCUT2D eigenvalue weighted by atomic mass is 35.5. The first kappa shape index (κ1) is 17.3. The highest BCUT2D eigenvalue weighted by Gasteiger charge is 2.23. The van der Waals surface area contributed by atoms with Crippen molar-refractivity contribution in [2.75, 3.05) is 26.8 Å². The number of hydrogen-bond acceptors (Lipinski definition) is 4. The quantitative estimate of drug-likeness (QED) is 0.766. The van der Waals surface area contributed by atoms with Crippen molar-refractivity contribution in [1.82, 2.24) is 4.31 Å². The molecule has 0 spiro atoms. The fraction of sp³-hybridized carbons (Fsp3) is 0.417. The molecule has 0 bridgehead atoms. The Morgan fingerprint density at radius 3 is 2.60 bits per heavy atom. The smallest absolute Gasteiger partial charge is 0.243 e. The summed E-state index contributed by atoms with van der Waals surface area (Å²) in [5.41, 5.74) is 5.95. The minimum absolute atomic E-state index is 0.112. The minimum atomic E-state index is -3.60. The Bertz CT molecular complexity index is 590. The summed E-state index contributed by atoms with van der Waals surface area (Å²) in [6, 6.07) is 4.33. The van der Waals surface area contributed by atoms with Gasteiger partial charge in [-0.1, -0.05) is 30.7 Å². The lowest BCUT2D eigenvalue weighted by Gasteiger charge is -2.20. The fourth-order valence-corrected chi connectivity index (χ4v) is 3.69. The van der Waals surface area contributed by atoms with E-state index in [0.717, 1.165) is 0 Å². The van der Waals surface area contributed by atoms with E-state index in [0.29, 0.717) is 18.7 Å². The summed E-state index contributed by atoms with van der Waals surface area (Å²) in [5, 5.41) is 0.223. The lowest BCUT2D eigenvalue weighted by molar-refractivity contribution is 0.180. The molecular formula is C12H17ClN2O3S2. The molecule has 5 nitrogen and oxygen atoms in total. The van der Waals surface area contributed by atoms with Crippen molar-refractivity contribution in [3.05, 3.63) is 28.8 Å². The lowest BCUT2D eigenvalue weighted by atomic mass is 10.2. The van der Waals surface area contributed by atoms with E-state index in [1.165, 1.54) is 29.6 Å². The van der Waals surface area contributed by atoms with Crippen LogP contribution in [0.25, 0.3) is 0 Å². The van der Waals surface area contributed by atoms with Crippen molar-refractivity contribution in [1.29, 1.82) is 0 Å². The number of rotatable bonds is 7. The highest BCUT2D eigenvalue weighted by Crippen LogP contribution is 2.23. The second-order valence-corrected chi connectivity index (χ2v) is 6.78. The second kappa shape index (κ2) is 7.33. The van der Waals surface area contributed by atoms with E-state index < -0.39 is 10.0 Å². The summed E-state index contributed by atoms with van der Waals surface area (Å²) in [6.45, 7) is 2.72. The number of thiocarbonyl (C=S) groups is 1. The maximum Gasteiger partial charge on any atom is 0.243 e. The van der Waals surface area contributed by atoms with Crippen LogP contribution >= 0.6 is 23.8 Å². The van der Waals surface area contributed by atoms with Gasteiger partial charge in [0.1, 0.15) is 4.99 Å². The average molecular weight is 337 g/mol. The third-order valence-corrected chi connectivity index (χ3v) is 5.24. The molecule has 8 heteroatoms. The largest absolute Gasteiger partial charge is 0.389 e. The zero-order chi connectivity index (χ0) is 15.3. The number of nitrogens with zero attached hydrogens (tertiary/aromatic N) is 1. The van der Waals surface area contributed by atoms with Crippen LogP contribution in [0.3, 0.4) is 0 Å². The third-order valence-electron chi connectivity index (χ3n) is 2.74. The Morgan fingerprint density at radius 2 is 2.15 bits per heavy atom. The number of hydrogen-bond donors (Lipinski definition) is 1. The van der Waals surface area contributed by atoms with Crippen molar-refractivity contribution in [2.24, 2.45) is 5.73 Å². The SMILES string of the molecule is CCN(CCOC)S(=O)(=O)c1ccc(C(N)=S)c(Cl)c1. The first-order valence-corrected chi connectivity index (χ1v) is 8.15. The van der Waals surface area contributed by atoms with E-state index in [-0.39, 0.29) is 21.5 Å². The molecule has 112 valence electrons. The summed E-state index contributed by atoms with van der Waals surface area (Å²) in [5.74, 6) is 0. The molecular weight excluding hydrogens is 320 g/mol. The molecule has 0 saturated carbocycles. The molecule has 1 aromatic rings. The molecule has 0 saturated heterocycles. The van der Waals surface area contributed by atoms with Crippen LogP contribution in [-0.4, -0.2) is 44.5 Å². The maximum absolute atomic E-state index is 12.5. The van der Waals surface area contributed by atoms with Crippen LogP contribution in [0.4, 0.5) is 0 Å². The molecule has 0 amide bonds. The van der Waals surface area contributed by atoms with E-state index >= 15 is 0 Å².